The molecule has 0 aromatic heterocycles. The summed E-state index contributed by atoms with van der Waals surface area (Å²) in [5.74, 6) is -0.980. The second kappa shape index (κ2) is 5.50. The summed E-state index contributed by atoms with van der Waals surface area (Å²) < 4.78 is 5.37. The lowest BCUT2D eigenvalue weighted by molar-refractivity contribution is -0.116. The van der Waals surface area contributed by atoms with Crippen molar-refractivity contribution >= 4 is 33.5 Å². The zero-order valence-corrected chi connectivity index (χ0v) is 10.2. The predicted octanol–water partition coefficient (Wildman–Crippen LogP) is 1.13. The quantitative estimate of drug-likeness (QED) is 0.813. The van der Waals surface area contributed by atoms with E-state index < -0.39 is 11.9 Å². The molecule has 6 heteroatoms. The highest BCUT2D eigenvalue weighted by Crippen LogP contribution is 2.21. The van der Waals surface area contributed by atoms with E-state index in [1.165, 1.54) is 7.11 Å². The van der Waals surface area contributed by atoms with Gasteiger partial charge in [0.15, 0.2) is 0 Å². The van der Waals surface area contributed by atoms with E-state index in [1.54, 1.807) is 18.2 Å². The number of hydrogen-bond donors (Lipinski definition) is 2. The van der Waals surface area contributed by atoms with Crippen molar-refractivity contribution in [1.29, 1.82) is 0 Å². The fourth-order valence-corrected chi connectivity index (χ4v) is 1.49. The van der Waals surface area contributed by atoms with Crippen LogP contribution < -0.4 is 11.1 Å². The van der Waals surface area contributed by atoms with Crippen LogP contribution in [0.15, 0.2) is 22.7 Å². The van der Waals surface area contributed by atoms with Gasteiger partial charge in [0.2, 0.25) is 5.91 Å². The van der Waals surface area contributed by atoms with Crippen LogP contribution in [0.1, 0.15) is 10.4 Å². The maximum Gasteiger partial charge on any atom is 0.340 e. The molecule has 0 aliphatic heterocycles. The molecule has 86 valence electrons. The van der Waals surface area contributed by atoms with Gasteiger partial charge in [-0.15, -0.1) is 0 Å². The average molecular weight is 287 g/mol. The number of halogens is 1. The third-order valence-corrected chi connectivity index (χ3v) is 2.33. The Hall–Kier alpha value is -1.56. The highest BCUT2D eigenvalue weighted by Gasteiger charge is 2.12. The molecule has 0 unspecified atom stereocenters. The van der Waals surface area contributed by atoms with E-state index in [9.17, 15) is 9.59 Å². The number of amides is 1. The SMILES string of the molecule is COC(=O)c1cc(Br)ccc1NCC(N)=O. The van der Waals surface area contributed by atoms with Gasteiger partial charge >= 0.3 is 5.97 Å². The highest BCUT2D eigenvalue weighted by atomic mass is 79.9. The molecule has 1 aromatic carbocycles. The summed E-state index contributed by atoms with van der Waals surface area (Å²) in [6, 6.07) is 5.02. The maximum absolute atomic E-state index is 11.4. The molecule has 1 amide bonds. The monoisotopic (exact) mass is 286 g/mol. The fourth-order valence-electron chi connectivity index (χ4n) is 1.13. The summed E-state index contributed by atoms with van der Waals surface area (Å²) in [7, 11) is 1.29. The Morgan fingerprint density at radius 3 is 2.75 bits per heavy atom. The van der Waals surface area contributed by atoms with Crippen molar-refractivity contribution in [3.05, 3.63) is 28.2 Å². The Bertz CT molecular complexity index is 421. The first-order valence-electron chi connectivity index (χ1n) is 4.44. The minimum absolute atomic E-state index is 0.0361. The molecular formula is C10H11BrN2O3. The van der Waals surface area contributed by atoms with Gasteiger partial charge in [0.1, 0.15) is 0 Å². The molecule has 0 spiro atoms. The Morgan fingerprint density at radius 2 is 2.19 bits per heavy atom. The van der Waals surface area contributed by atoms with E-state index in [0.717, 1.165) is 4.47 Å². The van der Waals surface area contributed by atoms with Gasteiger partial charge in [0.05, 0.1) is 19.2 Å². The van der Waals surface area contributed by atoms with Crippen LogP contribution in [-0.2, 0) is 9.53 Å². The normalized spacial score (nSPS) is 9.62. The van der Waals surface area contributed by atoms with Gasteiger partial charge in [-0.3, -0.25) is 4.79 Å². The zero-order valence-electron chi connectivity index (χ0n) is 8.62. The van der Waals surface area contributed by atoms with Gasteiger partial charge in [0, 0.05) is 10.2 Å². The van der Waals surface area contributed by atoms with Crippen LogP contribution in [-0.4, -0.2) is 25.5 Å². The first kappa shape index (κ1) is 12.5. The van der Waals surface area contributed by atoms with Crippen LogP contribution in [0, 0.1) is 0 Å². The largest absolute Gasteiger partial charge is 0.465 e. The van der Waals surface area contributed by atoms with Gasteiger partial charge in [-0.1, -0.05) is 15.9 Å². The minimum Gasteiger partial charge on any atom is -0.465 e. The summed E-state index contributed by atoms with van der Waals surface area (Å²) in [4.78, 5) is 22.1. The van der Waals surface area contributed by atoms with Crippen LogP contribution in [0.3, 0.4) is 0 Å². The first-order chi connectivity index (χ1) is 7.54. The predicted molar refractivity (Wildman–Crippen MR) is 63.2 cm³/mol. The Labute approximate surface area is 101 Å². The lowest BCUT2D eigenvalue weighted by Gasteiger charge is -2.09. The van der Waals surface area contributed by atoms with Gasteiger partial charge in [0.25, 0.3) is 0 Å². The fraction of sp³-hybridized carbons (Fsp3) is 0.200. The molecule has 0 radical (unpaired) electrons. The summed E-state index contributed by atoms with van der Waals surface area (Å²) in [6.07, 6.45) is 0. The van der Waals surface area contributed by atoms with Gasteiger partial charge < -0.3 is 15.8 Å². The van der Waals surface area contributed by atoms with E-state index in [4.69, 9.17) is 5.73 Å². The molecule has 3 N–H and O–H groups in total. The molecule has 0 bridgehead atoms. The standard InChI is InChI=1S/C10H11BrN2O3/c1-16-10(15)7-4-6(11)2-3-8(7)13-5-9(12)14/h2-4,13H,5H2,1H3,(H2,12,14). The molecule has 0 saturated carbocycles. The number of carbonyl (C=O) groups is 2. The molecule has 5 nitrogen and oxygen atoms in total. The van der Waals surface area contributed by atoms with E-state index in [1.807, 2.05) is 0 Å². The Morgan fingerprint density at radius 1 is 1.50 bits per heavy atom. The molecule has 0 aliphatic rings. The number of benzene rings is 1. The smallest absolute Gasteiger partial charge is 0.340 e. The topological polar surface area (TPSA) is 81.4 Å². The number of nitrogens with one attached hydrogen (secondary N) is 1. The molecule has 1 aromatic rings. The number of anilines is 1. The summed E-state index contributed by atoms with van der Waals surface area (Å²) in [5, 5.41) is 2.76. The van der Waals surface area contributed by atoms with Crippen molar-refractivity contribution in [3.63, 3.8) is 0 Å². The highest BCUT2D eigenvalue weighted by molar-refractivity contribution is 9.10. The van der Waals surface area contributed by atoms with Crippen LogP contribution >= 0.6 is 15.9 Å². The first-order valence-corrected chi connectivity index (χ1v) is 5.24. The number of hydrogen-bond acceptors (Lipinski definition) is 4. The van der Waals surface area contributed by atoms with E-state index in [2.05, 4.69) is 26.0 Å². The molecular weight excluding hydrogens is 276 g/mol. The zero-order chi connectivity index (χ0) is 12.1. The van der Waals surface area contributed by atoms with E-state index in [0.29, 0.717) is 11.3 Å². The van der Waals surface area contributed by atoms with Crippen molar-refractivity contribution in [1.82, 2.24) is 0 Å². The van der Waals surface area contributed by atoms with E-state index in [-0.39, 0.29) is 6.54 Å². The molecule has 0 saturated heterocycles. The van der Waals surface area contributed by atoms with Crippen LogP contribution in [0.4, 0.5) is 5.69 Å². The summed E-state index contributed by atoms with van der Waals surface area (Å²) in [6.45, 7) is -0.0361. The van der Waals surface area contributed by atoms with Crippen molar-refractivity contribution in [2.45, 2.75) is 0 Å². The minimum atomic E-state index is -0.501. The van der Waals surface area contributed by atoms with Crippen LogP contribution in [0.25, 0.3) is 0 Å². The number of esters is 1. The Balaban J connectivity index is 2.98. The number of primary amides is 1. The number of ether oxygens (including phenoxy) is 1. The lowest BCUT2D eigenvalue weighted by atomic mass is 10.2. The maximum atomic E-state index is 11.4. The molecule has 16 heavy (non-hydrogen) atoms. The Kier molecular flexibility index (Phi) is 4.30. The third-order valence-electron chi connectivity index (χ3n) is 1.84. The van der Waals surface area contributed by atoms with Crippen LogP contribution in [0.2, 0.25) is 0 Å². The number of nitrogens with two attached hydrogens (primary N) is 1. The van der Waals surface area contributed by atoms with Crippen LogP contribution in [0.5, 0.6) is 0 Å². The second-order valence-electron chi connectivity index (χ2n) is 3.00. The van der Waals surface area contributed by atoms with E-state index >= 15 is 0 Å². The average Bonchev–Trinajstić information content (AvgIpc) is 2.26. The molecule has 0 atom stereocenters. The number of carbonyl (C=O) groups excluding carboxylic acids is 2. The third kappa shape index (κ3) is 3.23. The molecule has 0 fully saturated rings. The van der Waals surface area contributed by atoms with Gasteiger partial charge in [-0.25, -0.2) is 4.79 Å². The second-order valence-corrected chi connectivity index (χ2v) is 3.92. The van der Waals surface area contributed by atoms with Crippen molar-refractivity contribution < 1.29 is 14.3 Å². The van der Waals surface area contributed by atoms with Crippen molar-refractivity contribution in [3.8, 4) is 0 Å². The molecule has 0 aliphatic carbocycles. The molecule has 1 rings (SSSR count). The van der Waals surface area contributed by atoms with Gasteiger partial charge in [-0.2, -0.15) is 0 Å². The lowest BCUT2D eigenvalue weighted by Crippen LogP contribution is -2.22. The van der Waals surface area contributed by atoms with Crippen molar-refractivity contribution in [2.75, 3.05) is 19.0 Å². The van der Waals surface area contributed by atoms with Crippen molar-refractivity contribution in [2.24, 2.45) is 5.73 Å². The molecule has 0 heterocycles. The number of methoxy groups -OCH3 is 1. The van der Waals surface area contributed by atoms with Gasteiger partial charge in [-0.05, 0) is 18.2 Å². The number of rotatable bonds is 4. The summed E-state index contributed by atoms with van der Waals surface area (Å²) >= 11 is 3.25. The summed E-state index contributed by atoms with van der Waals surface area (Å²) in [5.41, 5.74) is 5.86.